The Labute approximate surface area is 94.2 Å². The van der Waals surface area contributed by atoms with E-state index in [-0.39, 0.29) is 0 Å². The van der Waals surface area contributed by atoms with E-state index in [1.165, 1.54) is 16.5 Å². The Bertz CT molecular complexity index is 638. The van der Waals surface area contributed by atoms with Crippen LogP contribution in [0.4, 0.5) is 0 Å². The summed E-state index contributed by atoms with van der Waals surface area (Å²) >= 11 is 0. The van der Waals surface area contributed by atoms with E-state index in [9.17, 15) is 0 Å². The van der Waals surface area contributed by atoms with Gasteiger partial charge in [0, 0.05) is 12.4 Å². The van der Waals surface area contributed by atoms with Crippen LogP contribution in [0.2, 0.25) is 0 Å². The lowest BCUT2D eigenvalue weighted by Crippen LogP contribution is -1.95. The molecule has 0 spiro atoms. The van der Waals surface area contributed by atoms with Crippen molar-refractivity contribution in [3.63, 3.8) is 0 Å². The summed E-state index contributed by atoms with van der Waals surface area (Å²) in [5, 5.41) is 1.26. The minimum atomic E-state index is 1.14. The maximum absolute atomic E-state index is 4.19. The number of para-hydroxylation sites is 1. The first-order chi connectivity index (χ1) is 7.86. The van der Waals surface area contributed by atoms with Gasteiger partial charge in [-0.15, -0.1) is 0 Å². The van der Waals surface area contributed by atoms with Crippen LogP contribution in [0.5, 0.6) is 0 Å². The molecule has 0 unspecified atom stereocenters. The van der Waals surface area contributed by atoms with E-state index in [0.717, 1.165) is 5.69 Å². The molecule has 3 rings (SSSR count). The van der Waals surface area contributed by atoms with Crippen LogP contribution < -0.4 is 0 Å². The molecule has 2 heterocycles. The van der Waals surface area contributed by atoms with Gasteiger partial charge < -0.3 is 4.57 Å². The van der Waals surface area contributed by atoms with Crippen LogP contribution in [-0.2, 0) is 0 Å². The molecule has 0 saturated carbocycles. The number of pyridine rings is 1. The predicted octanol–water partition coefficient (Wildman–Crippen LogP) is 3.33. The van der Waals surface area contributed by atoms with Gasteiger partial charge in [-0.3, -0.25) is 4.98 Å². The molecule has 0 aliphatic rings. The molecule has 3 aromatic rings. The molecule has 0 aliphatic carbocycles. The van der Waals surface area contributed by atoms with Crippen molar-refractivity contribution in [3.8, 4) is 5.69 Å². The third kappa shape index (κ3) is 1.31. The number of benzene rings is 1. The Morgan fingerprint density at radius 2 is 1.94 bits per heavy atom. The maximum atomic E-state index is 4.19. The highest BCUT2D eigenvalue weighted by molar-refractivity contribution is 5.82. The van der Waals surface area contributed by atoms with E-state index >= 15 is 0 Å². The quantitative estimate of drug-likeness (QED) is 0.599. The molecule has 0 radical (unpaired) electrons. The van der Waals surface area contributed by atoms with Crippen molar-refractivity contribution in [1.29, 1.82) is 0 Å². The Morgan fingerprint density at radius 1 is 1.06 bits per heavy atom. The Morgan fingerprint density at radius 3 is 2.81 bits per heavy atom. The lowest BCUT2D eigenvalue weighted by molar-refractivity contribution is 1.07. The summed E-state index contributed by atoms with van der Waals surface area (Å²) in [7, 11) is 0. The highest BCUT2D eigenvalue weighted by atomic mass is 15.0. The largest absolute Gasteiger partial charge is 0.315 e. The molecule has 2 aromatic heterocycles. The van der Waals surface area contributed by atoms with Gasteiger partial charge in [0.15, 0.2) is 0 Å². The van der Waals surface area contributed by atoms with Gasteiger partial charge in [0.2, 0.25) is 0 Å². The Kier molecular flexibility index (Phi) is 2.00. The van der Waals surface area contributed by atoms with Crippen molar-refractivity contribution in [2.45, 2.75) is 6.92 Å². The maximum Gasteiger partial charge on any atom is 0.0668 e. The minimum Gasteiger partial charge on any atom is -0.315 e. The van der Waals surface area contributed by atoms with Crippen LogP contribution >= 0.6 is 0 Å². The van der Waals surface area contributed by atoms with Gasteiger partial charge in [-0.1, -0.05) is 18.2 Å². The average molecular weight is 208 g/mol. The second-order valence-corrected chi connectivity index (χ2v) is 3.91. The topological polar surface area (TPSA) is 17.8 Å². The van der Waals surface area contributed by atoms with Gasteiger partial charge in [0.25, 0.3) is 0 Å². The third-order valence-corrected chi connectivity index (χ3v) is 2.87. The van der Waals surface area contributed by atoms with Gasteiger partial charge in [-0.2, -0.15) is 0 Å². The summed E-state index contributed by atoms with van der Waals surface area (Å²) in [5.74, 6) is 0. The lowest BCUT2D eigenvalue weighted by atomic mass is 10.2. The summed E-state index contributed by atoms with van der Waals surface area (Å²) in [6.45, 7) is 2.10. The molecule has 0 saturated heterocycles. The molecule has 0 bridgehead atoms. The predicted molar refractivity (Wildman–Crippen MR) is 65.8 cm³/mol. The third-order valence-electron chi connectivity index (χ3n) is 2.87. The molecule has 2 heteroatoms. The summed E-state index contributed by atoms with van der Waals surface area (Å²) in [4.78, 5) is 4.19. The highest BCUT2D eigenvalue weighted by Gasteiger charge is 2.04. The van der Waals surface area contributed by atoms with Crippen LogP contribution in [0, 0.1) is 6.92 Å². The minimum absolute atomic E-state index is 1.14. The van der Waals surface area contributed by atoms with Crippen molar-refractivity contribution in [2.75, 3.05) is 0 Å². The number of aromatic nitrogens is 2. The van der Waals surface area contributed by atoms with E-state index < -0.39 is 0 Å². The number of nitrogens with zero attached hydrogens (tertiary/aromatic N) is 2. The van der Waals surface area contributed by atoms with E-state index in [4.69, 9.17) is 0 Å². The fraction of sp³-hybridized carbons (Fsp3) is 0.0714. The molecular weight excluding hydrogens is 196 g/mol. The molecule has 78 valence electrons. The fourth-order valence-electron chi connectivity index (χ4n) is 2.00. The highest BCUT2D eigenvalue weighted by Crippen LogP contribution is 2.21. The first kappa shape index (κ1) is 9.16. The SMILES string of the molecule is Cc1ccncc1-n1ccc2ccccc21. The molecular formula is C14H12N2. The van der Waals surface area contributed by atoms with Crippen LogP contribution in [-0.4, -0.2) is 9.55 Å². The fourth-order valence-corrected chi connectivity index (χ4v) is 2.00. The second-order valence-electron chi connectivity index (χ2n) is 3.91. The average Bonchev–Trinajstić information content (AvgIpc) is 2.74. The zero-order valence-corrected chi connectivity index (χ0v) is 9.09. The second kappa shape index (κ2) is 3.49. The van der Waals surface area contributed by atoms with E-state index in [0.29, 0.717) is 0 Å². The van der Waals surface area contributed by atoms with E-state index in [2.05, 4.69) is 53.0 Å². The Hall–Kier alpha value is -2.09. The van der Waals surface area contributed by atoms with Crippen LogP contribution in [0.25, 0.3) is 16.6 Å². The molecule has 0 N–H and O–H groups in total. The van der Waals surface area contributed by atoms with E-state index in [1.807, 2.05) is 18.5 Å². The van der Waals surface area contributed by atoms with E-state index in [1.54, 1.807) is 0 Å². The van der Waals surface area contributed by atoms with Crippen molar-refractivity contribution in [1.82, 2.24) is 9.55 Å². The van der Waals surface area contributed by atoms with Gasteiger partial charge in [0.05, 0.1) is 17.4 Å². The first-order valence-electron chi connectivity index (χ1n) is 5.33. The summed E-state index contributed by atoms with van der Waals surface area (Å²) in [5.41, 5.74) is 3.60. The normalized spacial score (nSPS) is 10.8. The number of rotatable bonds is 1. The monoisotopic (exact) mass is 208 g/mol. The molecule has 0 atom stereocenters. The zero-order chi connectivity index (χ0) is 11.0. The molecule has 0 fully saturated rings. The summed E-state index contributed by atoms with van der Waals surface area (Å²) in [6.07, 6.45) is 5.82. The molecule has 16 heavy (non-hydrogen) atoms. The zero-order valence-electron chi connectivity index (χ0n) is 9.09. The van der Waals surface area contributed by atoms with Crippen LogP contribution in [0.15, 0.2) is 55.0 Å². The number of fused-ring (bicyclic) bond motifs is 1. The van der Waals surface area contributed by atoms with Crippen LogP contribution in [0.3, 0.4) is 0 Å². The van der Waals surface area contributed by atoms with Crippen LogP contribution in [0.1, 0.15) is 5.56 Å². The van der Waals surface area contributed by atoms with Crippen molar-refractivity contribution < 1.29 is 0 Å². The molecule has 0 amide bonds. The van der Waals surface area contributed by atoms with Gasteiger partial charge >= 0.3 is 0 Å². The lowest BCUT2D eigenvalue weighted by Gasteiger charge is -2.07. The number of aryl methyl sites for hydroxylation is 1. The standard InChI is InChI=1S/C14H12N2/c1-11-6-8-15-10-14(11)16-9-7-12-4-2-3-5-13(12)16/h2-10H,1H3. The number of hydrogen-bond donors (Lipinski definition) is 0. The summed E-state index contributed by atoms with van der Waals surface area (Å²) in [6, 6.07) is 12.5. The number of hydrogen-bond acceptors (Lipinski definition) is 1. The summed E-state index contributed by atoms with van der Waals surface area (Å²) < 4.78 is 2.18. The first-order valence-corrected chi connectivity index (χ1v) is 5.33. The molecule has 2 nitrogen and oxygen atoms in total. The Balaban J connectivity index is 2.31. The smallest absolute Gasteiger partial charge is 0.0668 e. The van der Waals surface area contributed by atoms with Crippen molar-refractivity contribution in [2.24, 2.45) is 0 Å². The van der Waals surface area contributed by atoms with Gasteiger partial charge in [-0.05, 0) is 36.1 Å². The van der Waals surface area contributed by atoms with Gasteiger partial charge in [0.1, 0.15) is 0 Å². The van der Waals surface area contributed by atoms with Crippen molar-refractivity contribution in [3.05, 3.63) is 60.6 Å². The van der Waals surface area contributed by atoms with Crippen molar-refractivity contribution >= 4 is 10.9 Å². The molecule has 0 aliphatic heterocycles. The molecule has 1 aromatic carbocycles. The van der Waals surface area contributed by atoms with Gasteiger partial charge in [-0.25, -0.2) is 0 Å².